The van der Waals surface area contributed by atoms with Crippen molar-refractivity contribution in [3.8, 4) is 11.5 Å². The van der Waals surface area contributed by atoms with E-state index in [0.717, 1.165) is 6.42 Å². The quantitative estimate of drug-likeness (QED) is 0.604. The van der Waals surface area contributed by atoms with Crippen LogP contribution >= 0.6 is 0 Å². The third-order valence-corrected chi connectivity index (χ3v) is 3.15. The van der Waals surface area contributed by atoms with Crippen LogP contribution in [0.4, 0.5) is 0 Å². The van der Waals surface area contributed by atoms with Gasteiger partial charge in [-0.15, -0.1) is 0 Å². The summed E-state index contributed by atoms with van der Waals surface area (Å²) >= 11 is 0. The monoisotopic (exact) mass is 352 g/mol. The summed E-state index contributed by atoms with van der Waals surface area (Å²) in [4.78, 5) is 33.9. The van der Waals surface area contributed by atoms with E-state index in [-0.39, 0.29) is 12.1 Å². The van der Waals surface area contributed by atoms with Crippen molar-refractivity contribution in [2.45, 2.75) is 20.3 Å². The minimum absolute atomic E-state index is 0.218. The second-order valence-corrected chi connectivity index (χ2v) is 5.72. The molecule has 1 aromatic carbocycles. The van der Waals surface area contributed by atoms with Gasteiger partial charge in [0.2, 0.25) is 5.91 Å². The van der Waals surface area contributed by atoms with Gasteiger partial charge in [0.25, 0.3) is 5.91 Å². The average Bonchev–Trinajstić information content (AvgIpc) is 2.57. The zero-order valence-corrected chi connectivity index (χ0v) is 14.7. The highest BCUT2D eigenvalue weighted by atomic mass is 16.5. The van der Waals surface area contributed by atoms with Gasteiger partial charge in [-0.25, -0.2) is 4.79 Å². The highest BCUT2D eigenvalue weighted by Gasteiger charge is 2.14. The smallest absolute Gasteiger partial charge is 0.338 e. The molecule has 0 atom stereocenters. The van der Waals surface area contributed by atoms with Gasteiger partial charge in [-0.1, -0.05) is 13.8 Å². The van der Waals surface area contributed by atoms with Crippen molar-refractivity contribution >= 4 is 17.8 Å². The molecule has 3 N–H and O–H groups in total. The fourth-order valence-electron chi connectivity index (χ4n) is 1.77. The largest absolute Gasteiger partial charge is 0.493 e. The summed E-state index contributed by atoms with van der Waals surface area (Å²) in [6.07, 6.45) is 0.896. The molecule has 0 aliphatic heterocycles. The first kappa shape index (κ1) is 20.3. The molecule has 0 aliphatic carbocycles. The number of carbonyl (C=O) groups is 3. The van der Waals surface area contributed by atoms with Crippen molar-refractivity contribution in [2.75, 3.05) is 26.9 Å². The lowest BCUT2D eigenvalue weighted by Crippen LogP contribution is -2.35. The predicted octanol–water partition coefficient (Wildman–Crippen LogP) is 0.878. The molecule has 0 spiro atoms. The normalized spacial score (nSPS) is 10.2. The van der Waals surface area contributed by atoms with E-state index < -0.39 is 24.4 Å². The van der Waals surface area contributed by atoms with Crippen LogP contribution in [-0.4, -0.2) is 44.7 Å². The molecule has 0 radical (unpaired) electrons. The molecule has 25 heavy (non-hydrogen) atoms. The Bertz CT molecular complexity index is 615. The molecule has 0 saturated heterocycles. The van der Waals surface area contributed by atoms with Gasteiger partial charge in [0.1, 0.15) is 0 Å². The van der Waals surface area contributed by atoms with Crippen LogP contribution in [0.15, 0.2) is 18.2 Å². The highest BCUT2D eigenvalue weighted by molar-refractivity contribution is 5.92. The number of benzene rings is 1. The zero-order valence-electron chi connectivity index (χ0n) is 14.7. The summed E-state index contributed by atoms with van der Waals surface area (Å²) < 4.78 is 15.7. The topological polar surface area (TPSA) is 117 Å². The third kappa shape index (κ3) is 7.56. The second-order valence-electron chi connectivity index (χ2n) is 5.72. The third-order valence-electron chi connectivity index (χ3n) is 3.15. The van der Waals surface area contributed by atoms with E-state index in [9.17, 15) is 14.4 Å². The van der Waals surface area contributed by atoms with Crippen molar-refractivity contribution in [1.29, 1.82) is 0 Å². The van der Waals surface area contributed by atoms with E-state index in [1.165, 1.54) is 19.2 Å². The molecule has 8 heteroatoms. The molecule has 1 aromatic rings. The fraction of sp³-hybridized carbons (Fsp3) is 0.471. The number of hydrogen-bond donors (Lipinski definition) is 2. The Hall–Kier alpha value is -2.77. The summed E-state index contributed by atoms with van der Waals surface area (Å²) in [7, 11) is 1.47. The van der Waals surface area contributed by atoms with Crippen LogP contribution in [0.2, 0.25) is 0 Å². The summed E-state index contributed by atoms with van der Waals surface area (Å²) in [6.45, 7) is 3.91. The van der Waals surface area contributed by atoms with Gasteiger partial charge in [-0.2, -0.15) is 0 Å². The Balaban J connectivity index is 2.61. The SMILES string of the molecule is COc1cc(C(=O)OCC(=O)NCC(N)=O)ccc1OCCC(C)C. The minimum Gasteiger partial charge on any atom is -0.493 e. The van der Waals surface area contributed by atoms with Crippen molar-refractivity contribution < 1.29 is 28.6 Å². The summed E-state index contributed by atoms with van der Waals surface area (Å²) in [5.41, 5.74) is 5.12. The second kappa shape index (κ2) is 10.2. The molecular formula is C17H24N2O6. The van der Waals surface area contributed by atoms with Crippen molar-refractivity contribution in [3.63, 3.8) is 0 Å². The Morgan fingerprint density at radius 2 is 1.92 bits per heavy atom. The van der Waals surface area contributed by atoms with Gasteiger partial charge in [0.05, 0.1) is 25.8 Å². The number of esters is 1. The Labute approximate surface area is 146 Å². The standard InChI is InChI=1S/C17H24N2O6/c1-11(2)6-7-24-13-5-4-12(8-14(13)23-3)17(22)25-10-16(21)19-9-15(18)20/h4-5,8,11H,6-7,9-10H2,1-3H3,(H2,18,20)(H,19,21). The Kier molecular flexibility index (Phi) is 8.25. The number of methoxy groups -OCH3 is 1. The van der Waals surface area contributed by atoms with E-state index in [1.54, 1.807) is 6.07 Å². The molecule has 0 heterocycles. The molecule has 0 saturated carbocycles. The number of hydrogen-bond acceptors (Lipinski definition) is 6. The molecule has 0 aliphatic rings. The molecule has 0 bridgehead atoms. The maximum Gasteiger partial charge on any atom is 0.338 e. The number of nitrogens with two attached hydrogens (primary N) is 1. The van der Waals surface area contributed by atoms with Crippen molar-refractivity contribution in [3.05, 3.63) is 23.8 Å². The van der Waals surface area contributed by atoms with E-state index in [2.05, 4.69) is 19.2 Å². The molecule has 2 amide bonds. The lowest BCUT2D eigenvalue weighted by atomic mass is 10.1. The van der Waals surface area contributed by atoms with Gasteiger partial charge in [-0.05, 0) is 30.5 Å². The van der Waals surface area contributed by atoms with Crippen LogP contribution < -0.4 is 20.5 Å². The van der Waals surface area contributed by atoms with Gasteiger partial charge < -0.3 is 25.3 Å². The molecule has 8 nitrogen and oxygen atoms in total. The Morgan fingerprint density at radius 3 is 2.52 bits per heavy atom. The molecule has 0 fully saturated rings. The highest BCUT2D eigenvalue weighted by Crippen LogP contribution is 2.28. The van der Waals surface area contributed by atoms with Gasteiger partial charge >= 0.3 is 5.97 Å². The van der Waals surface area contributed by atoms with Crippen LogP contribution in [-0.2, 0) is 14.3 Å². The summed E-state index contributed by atoms with van der Waals surface area (Å²) in [5.74, 6) is -0.553. The van der Waals surface area contributed by atoms with Gasteiger partial charge in [0, 0.05) is 0 Å². The van der Waals surface area contributed by atoms with Gasteiger partial charge in [-0.3, -0.25) is 9.59 Å². The first-order valence-corrected chi connectivity index (χ1v) is 7.86. The van der Waals surface area contributed by atoms with E-state index in [4.69, 9.17) is 19.9 Å². The minimum atomic E-state index is -0.693. The van der Waals surface area contributed by atoms with Crippen LogP contribution in [0.5, 0.6) is 11.5 Å². The van der Waals surface area contributed by atoms with E-state index >= 15 is 0 Å². The van der Waals surface area contributed by atoms with E-state index in [1.807, 2.05) is 0 Å². The maximum absolute atomic E-state index is 12.0. The first-order chi connectivity index (χ1) is 11.8. The lowest BCUT2D eigenvalue weighted by molar-refractivity contribution is -0.127. The summed E-state index contributed by atoms with van der Waals surface area (Å²) in [5, 5.41) is 2.22. The number of rotatable bonds is 10. The average molecular weight is 352 g/mol. The Morgan fingerprint density at radius 1 is 1.20 bits per heavy atom. The van der Waals surface area contributed by atoms with Crippen LogP contribution in [0.3, 0.4) is 0 Å². The number of nitrogens with one attached hydrogen (secondary N) is 1. The maximum atomic E-state index is 12.0. The van der Waals surface area contributed by atoms with Crippen LogP contribution in [0, 0.1) is 5.92 Å². The molecule has 0 aromatic heterocycles. The summed E-state index contributed by atoms with van der Waals surface area (Å²) in [6, 6.07) is 4.62. The number of amides is 2. The molecular weight excluding hydrogens is 328 g/mol. The zero-order chi connectivity index (χ0) is 18.8. The lowest BCUT2D eigenvalue weighted by Gasteiger charge is -2.13. The number of carbonyl (C=O) groups excluding carboxylic acids is 3. The first-order valence-electron chi connectivity index (χ1n) is 7.86. The van der Waals surface area contributed by atoms with E-state index in [0.29, 0.717) is 24.0 Å². The molecule has 1 rings (SSSR count). The predicted molar refractivity (Wildman–Crippen MR) is 90.4 cm³/mol. The van der Waals surface area contributed by atoms with Crippen LogP contribution in [0.25, 0.3) is 0 Å². The number of ether oxygens (including phenoxy) is 3. The van der Waals surface area contributed by atoms with Crippen molar-refractivity contribution in [2.24, 2.45) is 11.7 Å². The number of primary amides is 1. The van der Waals surface area contributed by atoms with Gasteiger partial charge in [0.15, 0.2) is 18.1 Å². The molecule has 0 unspecified atom stereocenters. The fourth-order valence-corrected chi connectivity index (χ4v) is 1.77. The molecule has 138 valence electrons. The van der Waals surface area contributed by atoms with Crippen molar-refractivity contribution in [1.82, 2.24) is 5.32 Å². The van der Waals surface area contributed by atoms with Crippen LogP contribution in [0.1, 0.15) is 30.6 Å².